The summed E-state index contributed by atoms with van der Waals surface area (Å²) in [6, 6.07) is 0. The number of rotatable bonds is 4. The number of hydrazone groups is 1. The van der Waals surface area contributed by atoms with E-state index < -0.39 is 0 Å². The van der Waals surface area contributed by atoms with Crippen LogP contribution < -0.4 is 10.7 Å². The monoisotopic (exact) mass is 295 g/mol. The highest BCUT2D eigenvalue weighted by Crippen LogP contribution is 2.30. The second-order valence-corrected chi connectivity index (χ2v) is 5.48. The van der Waals surface area contributed by atoms with E-state index in [2.05, 4.69) is 15.8 Å². The summed E-state index contributed by atoms with van der Waals surface area (Å²) in [6.07, 6.45) is 4.42. The fourth-order valence-electron chi connectivity index (χ4n) is 2.88. The van der Waals surface area contributed by atoms with Gasteiger partial charge in [-0.25, -0.2) is 5.43 Å². The molecule has 1 fully saturated rings. The van der Waals surface area contributed by atoms with Gasteiger partial charge in [0.2, 0.25) is 5.91 Å². The Morgan fingerprint density at radius 2 is 2.10 bits per heavy atom. The summed E-state index contributed by atoms with van der Waals surface area (Å²) in [5, 5.41) is 6.57. The zero-order chi connectivity index (χ0) is 15.2. The van der Waals surface area contributed by atoms with E-state index in [1.165, 1.54) is 7.11 Å². The molecule has 21 heavy (non-hydrogen) atoms. The maximum absolute atomic E-state index is 12.0. The molecule has 2 aliphatic rings. The zero-order valence-corrected chi connectivity index (χ0v) is 12.2. The van der Waals surface area contributed by atoms with Crippen LogP contribution in [0.4, 0.5) is 0 Å². The van der Waals surface area contributed by atoms with Gasteiger partial charge in [0.25, 0.3) is 5.91 Å². The van der Waals surface area contributed by atoms with Crippen LogP contribution in [0.25, 0.3) is 0 Å². The van der Waals surface area contributed by atoms with Gasteiger partial charge in [-0.3, -0.25) is 14.4 Å². The predicted molar refractivity (Wildman–Crippen MR) is 75.3 cm³/mol. The summed E-state index contributed by atoms with van der Waals surface area (Å²) in [5.41, 5.74) is 2.63. The van der Waals surface area contributed by atoms with Gasteiger partial charge < -0.3 is 10.1 Å². The van der Waals surface area contributed by atoms with Crippen molar-refractivity contribution in [1.29, 1.82) is 0 Å². The van der Waals surface area contributed by atoms with Gasteiger partial charge in [-0.2, -0.15) is 5.10 Å². The number of hydrogen-bond acceptors (Lipinski definition) is 5. The van der Waals surface area contributed by atoms with Crippen molar-refractivity contribution < 1.29 is 19.1 Å². The van der Waals surface area contributed by atoms with E-state index in [1.807, 2.05) is 0 Å². The van der Waals surface area contributed by atoms with E-state index in [1.54, 1.807) is 0 Å². The molecule has 0 saturated heterocycles. The molecule has 2 N–H and O–H groups in total. The Bertz CT molecular complexity index is 461. The molecule has 2 amide bonds. The Kier molecular flexibility index (Phi) is 5.30. The average Bonchev–Trinajstić information content (AvgIpc) is 2.52. The number of nitrogens with zero attached hydrogens (tertiary/aromatic N) is 1. The molecule has 1 heterocycles. The highest BCUT2D eigenvalue weighted by atomic mass is 16.5. The van der Waals surface area contributed by atoms with Gasteiger partial charge >= 0.3 is 5.97 Å². The van der Waals surface area contributed by atoms with Gasteiger partial charge in [0, 0.05) is 19.4 Å². The van der Waals surface area contributed by atoms with Crippen LogP contribution in [0, 0.1) is 11.8 Å². The standard InChI is InChI=1S/C14H21N3O4/c1-21-14(20)10-5-3-2-4-9(10)8-15-13(19)11-6-7-12(18)17-16-11/h9-10H,2-8H2,1H3,(H,15,19)(H,17,18). The van der Waals surface area contributed by atoms with Gasteiger partial charge in [-0.1, -0.05) is 12.8 Å². The molecule has 0 bridgehead atoms. The molecule has 1 aliphatic heterocycles. The summed E-state index contributed by atoms with van der Waals surface area (Å²) in [6.45, 7) is 0.436. The van der Waals surface area contributed by atoms with Gasteiger partial charge in [-0.15, -0.1) is 0 Å². The Hall–Kier alpha value is -1.92. The number of nitrogens with one attached hydrogen (secondary N) is 2. The first kappa shape index (κ1) is 15.5. The van der Waals surface area contributed by atoms with E-state index in [0.29, 0.717) is 18.7 Å². The fraction of sp³-hybridized carbons (Fsp3) is 0.714. The van der Waals surface area contributed by atoms with Crippen LogP contribution in [0.15, 0.2) is 5.10 Å². The number of carbonyl (C=O) groups is 3. The highest BCUT2D eigenvalue weighted by Gasteiger charge is 2.32. The maximum Gasteiger partial charge on any atom is 0.309 e. The largest absolute Gasteiger partial charge is 0.469 e. The molecule has 0 aromatic carbocycles. The summed E-state index contributed by atoms with van der Waals surface area (Å²) in [7, 11) is 1.39. The molecule has 2 unspecified atom stereocenters. The first-order valence-corrected chi connectivity index (χ1v) is 7.33. The van der Waals surface area contributed by atoms with Crippen molar-refractivity contribution in [3.05, 3.63) is 0 Å². The number of ether oxygens (including phenoxy) is 1. The van der Waals surface area contributed by atoms with Crippen LogP contribution in [0.2, 0.25) is 0 Å². The van der Waals surface area contributed by atoms with Crippen LogP contribution in [0.3, 0.4) is 0 Å². The quantitative estimate of drug-likeness (QED) is 0.731. The minimum atomic E-state index is -0.274. The van der Waals surface area contributed by atoms with E-state index >= 15 is 0 Å². The smallest absolute Gasteiger partial charge is 0.309 e. The molecular formula is C14H21N3O4. The van der Waals surface area contributed by atoms with Gasteiger partial charge in [0.05, 0.1) is 13.0 Å². The molecule has 116 valence electrons. The number of hydrogen-bond donors (Lipinski definition) is 2. The van der Waals surface area contributed by atoms with E-state index in [0.717, 1.165) is 25.7 Å². The van der Waals surface area contributed by atoms with Crippen LogP contribution in [-0.4, -0.2) is 37.1 Å². The predicted octanol–water partition coefficient (Wildman–Crippen LogP) is 0.348. The third-order valence-corrected chi connectivity index (χ3v) is 4.10. The lowest BCUT2D eigenvalue weighted by molar-refractivity contribution is -0.148. The van der Waals surface area contributed by atoms with Crippen molar-refractivity contribution in [2.24, 2.45) is 16.9 Å². The summed E-state index contributed by atoms with van der Waals surface area (Å²) in [5.74, 6) is -0.684. The second kappa shape index (κ2) is 7.19. The van der Waals surface area contributed by atoms with E-state index in [4.69, 9.17) is 4.74 Å². The molecule has 0 aromatic rings. The highest BCUT2D eigenvalue weighted by molar-refractivity contribution is 6.39. The summed E-state index contributed by atoms with van der Waals surface area (Å²) < 4.78 is 4.83. The Labute approximate surface area is 123 Å². The zero-order valence-electron chi connectivity index (χ0n) is 12.2. The van der Waals surface area contributed by atoms with Crippen LogP contribution in [-0.2, 0) is 19.1 Å². The Morgan fingerprint density at radius 1 is 1.33 bits per heavy atom. The maximum atomic E-state index is 12.0. The second-order valence-electron chi connectivity index (χ2n) is 5.48. The third kappa shape index (κ3) is 4.03. The molecule has 1 aliphatic carbocycles. The number of amides is 2. The topological polar surface area (TPSA) is 96.9 Å². The molecule has 7 heteroatoms. The summed E-state index contributed by atoms with van der Waals surface area (Å²) in [4.78, 5) is 34.7. The number of esters is 1. The first-order chi connectivity index (χ1) is 10.1. The number of methoxy groups -OCH3 is 1. The molecule has 0 spiro atoms. The Morgan fingerprint density at radius 3 is 2.76 bits per heavy atom. The fourth-order valence-corrected chi connectivity index (χ4v) is 2.88. The minimum absolute atomic E-state index is 0.105. The molecule has 2 rings (SSSR count). The molecule has 1 saturated carbocycles. The lowest BCUT2D eigenvalue weighted by atomic mass is 9.79. The van der Waals surface area contributed by atoms with Crippen molar-refractivity contribution in [2.45, 2.75) is 38.5 Å². The SMILES string of the molecule is COC(=O)C1CCCCC1CNC(=O)C1=NNC(=O)CC1. The Balaban J connectivity index is 1.87. The van der Waals surface area contributed by atoms with E-state index in [9.17, 15) is 14.4 Å². The van der Waals surface area contributed by atoms with Crippen LogP contribution in [0.5, 0.6) is 0 Å². The molecule has 7 nitrogen and oxygen atoms in total. The lowest BCUT2D eigenvalue weighted by Crippen LogP contribution is -2.42. The van der Waals surface area contributed by atoms with Gasteiger partial charge in [0.15, 0.2) is 0 Å². The normalized spacial score (nSPS) is 25.6. The number of carbonyl (C=O) groups excluding carboxylic acids is 3. The van der Waals surface area contributed by atoms with Crippen molar-refractivity contribution in [3.8, 4) is 0 Å². The van der Waals surface area contributed by atoms with Crippen molar-refractivity contribution in [2.75, 3.05) is 13.7 Å². The van der Waals surface area contributed by atoms with Crippen molar-refractivity contribution >= 4 is 23.5 Å². The van der Waals surface area contributed by atoms with Gasteiger partial charge in [-0.05, 0) is 18.8 Å². The van der Waals surface area contributed by atoms with Crippen molar-refractivity contribution in [1.82, 2.24) is 10.7 Å². The van der Waals surface area contributed by atoms with Gasteiger partial charge in [0.1, 0.15) is 5.71 Å². The molecular weight excluding hydrogens is 274 g/mol. The average molecular weight is 295 g/mol. The molecule has 0 aromatic heterocycles. The molecule has 0 radical (unpaired) electrons. The summed E-state index contributed by atoms with van der Waals surface area (Å²) >= 11 is 0. The minimum Gasteiger partial charge on any atom is -0.469 e. The first-order valence-electron chi connectivity index (χ1n) is 7.33. The molecule has 2 atom stereocenters. The van der Waals surface area contributed by atoms with Crippen molar-refractivity contribution in [3.63, 3.8) is 0 Å². The lowest BCUT2D eigenvalue weighted by Gasteiger charge is -2.29. The van der Waals surface area contributed by atoms with E-state index in [-0.39, 0.29) is 36.0 Å². The van der Waals surface area contributed by atoms with Crippen LogP contribution >= 0.6 is 0 Å². The third-order valence-electron chi connectivity index (χ3n) is 4.10. The van der Waals surface area contributed by atoms with Crippen LogP contribution in [0.1, 0.15) is 38.5 Å².